The highest BCUT2D eigenvalue weighted by atomic mass is 16.5. The Hall–Kier alpha value is -1.59. The van der Waals surface area contributed by atoms with Gasteiger partial charge in [0.1, 0.15) is 12.2 Å². The lowest BCUT2D eigenvalue weighted by molar-refractivity contribution is -0.174. The van der Waals surface area contributed by atoms with Gasteiger partial charge in [-0.3, -0.25) is 9.59 Å². The van der Waals surface area contributed by atoms with Crippen LogP contribution in [0.25, 0.3) is 0 Å². The van der Waals surface area contributed by atoms with Gasteiger partial charge in [0.05, 0.1) is 5.71 Å². The lowest BCUT2D eigenvalue weighted by atomic mass is 9.40. The Morgan fingerprint density at radius 1 is 1.03 bits per heavy atom. The van der Waals surface area contributed by atoms with Gasteiger partial charge in [-0.2, -0.15) is 0 Å². The Bertz CT molecular complexity index is 810. The van der Waals surface area contributed by atoms with Crippen LogP contribution >= 0.6 is 0 Å². The third-order valence-corrected chi connectivity index (χ3v) is 10.7. The van der Waals surface area contributed by atoms with Crippen molar-refractivity contribution in [2.45, 2.75) is 105 Å². The summed E-state index contributed by atoms with van der Waals surface area (Å²) >= 11 is 0. The van der Waals surface area contributed by atoms with Gasteiger partial charge in [-0.25, -0.2) is 0 Å². The van der Waals surface area contributed by atoms with E-state index in [0.717, 1.165) is 57.1 Å². The number of hydrogen-bond donors (Lipinski definition) is 1. The Labute approximate surface area is 192 Å². The number of oxime groups is 1. The molecule has 9 atom stereocenters. The van der Waals surface area contributed by atoms with Crippen LogP contribution in [-0.2, 0) is 19.1 Å². The first-order chi connectivity index (χ1) is 15.0. The van der Waals surface area contributed by atoms with Gasteiger partial charge in [-0.1, -0.05) is 25.9 Å². The maximum atomic E-state index is 11.6. The van der Waals surface area contributed by atoms with E-state index in [9.17, 15) is 14.8 Å². The molecule has 0 radical (unpaired) electrons. The smallest absolute Gasteiger partial charge is 0.302 e. The number of nitrogens with zero attached hydrogens (tertiary/aromatic N) is 1. The molecule has 32 heavy (non-hydrogen) atoms. The molecule has 1 N–H and O–H groups in total. The minimum atomic E-state index is -0.244. The van der Waals surface area contributed by atoms with Crippen molar-refractivity contribution in [1.82, 2.24) is 0 Å². The molecule has 0 aliphatic heterocycles. The van der Waals surface area contributed by atoms with Crippen LogP contribution in [0.1, 0.15) is 92.9 Å². The Kier molecular flexibility index (Phi) is 5.90. The molecule has 6 heteroatoms. The van der Waals surface area contributed by atoms with Crippen molar-refractivity contribution in [2.24, 2.45) is 45.1 Å². The third kappa shape index (κ3) is 3.38. The Morgan fingerprint density at radius 3 is 2.38 bits per heavy atom. The van der Waals surface area contributed by atoms with E-state index >= 15 is 0 Å². The largest absolute Gasteiger partial charge is 0.463 e. The van der Waals surface area contributed by atoms with E-state index in [1.807, 2.05) is 6.92 Å². The lowest BCUT2D eigenvalue weighted by Crippen LogP contribution is -2.61. The number of fused-ring (bicyclic) bond motifs is 5. The van der Waals surface area contributed by atoms with Gasteiger partial charge in [-0.05, 0) is 86.9 Å². The van der Waals surface area contributed by atoms with Crippen LogP contribution in [0.4, 0.5) is 0 Å². The average molecular weight is 448 g/mol. The lowest BCUT2D eigenvalue weighted by Gasteiger charge is -2.65. The summed E-state index contributed by atoms with van der Waals surface area (Å²) in [5, 5.41) is 14.1. The van der Waals surface area contributed by atoms with Gasteiger partial charge in [0.2, 0.25) is 0 Å². The molecule has 180 valence electrons. The van der Waals surface area contributed by atoms with Gasteiger partial charge < -0.3 is 14.7 Å². The second-order valence-corrected chi connectivity index (χ2v) is 11.9. The van der Waals surface area contributed by atoms with Crippen molar-refractivity contribution in [1.29, 1.82) is 0 Å². The summed E-state index contributed by atoms with van der Waals surface area (Å²) in [4.78, 5) is 23.2. The zero-order valence-electron chi connectivity index (χ0n) is 20.6. The molecule has 4 rings (SSSR count). The minimum absolute atomic E-state index is 0.0161. The summed E-state index contributed by atoms with van der Waals surface area (Å²) in [6.07, 6.45) is 7.92. The molecular formula is C26H41NO5. The molecular weight excluding hydrogens is 406 g/mol. The Morgan fingerprint density at radius 2 is 1.75 bits per heavy atom. The molecule has 6 nitrogen and oxygen atoms in total. The van der Waals surface area contributed by atoms with Crippen molar-refractivity contribution >= 4 is 17.7 Å². The van der Waals surface area contributed by atoms with Gasteiger partial charge in [0, 0.05) is 25.2 Å². The first-order valence-electron chi connectivity index (χ1n) is 12.5. The highest BCUT2D eigenvalue weighted by Crippen LogP contribution is 2.70. The van der Waals surface area contributed by atoms with E-state index in [4.69, 9.17) is 9.47 Å². The Balaban J connectivity index is 1.64. The third-order valence-electron chi connectivity index (χ3n) is 10.7. The minimum Gasteiger partial charge on any atom is -0.463 e. The van der Waals surface area contributed by atoms with Crippen LogP contribution in [0.5, 0.6) is 0 Å². The summed E-state index contributed by atoms with van der Waals surface area (Å²) in [5.74, 6) is 1.26. The highest BCUT2D eigenvalue weighted by Gasteiger charge is 2.66. The van der Waals surface area contributed by atoms with Crippen LogP contribution in [0.2, 0.25) is 0 Å². The van der Waals surface area contributed by atoms with Crippen LogP contribution < -0.4 is 0 Å². The zero-order valence-corrected chi connectivity index (χ0v) is 20.6. The molecule has 4 aliphatic rings. The molecule has 0 heterocycles. The number of esters is 2. The van der Waals surface area contributed by atoms with Gasteiger partial charge in [0.25, 0.3) is 0 Å². The van der Waals surface area contributed by atoms with Gasteiger partial charge in [-0.15, -0.1) is 0 Å². The molecule has 0 saturated heterocycles. The predicted octanol–water partition coefficient (Wildman–Crippen LogP) is 5.36. The molecule has 4 aliphatic carbocycles. The van der Waals surface area contributed by atoms with E-state index in [0.29, 0.717) is 17.8 Å². The molecule has 0 aromatic carbocycles. The number of carbonyl (C=O) groups is 2. The summed E-state index contributed by atoms with van der Waals surface area (Å²) in [6, 6.07) is 0. The zero-order chi connectivity index (χ0) is 23.5. The van der Waals surface area contributed by atoms with Crippen LogP contribution in [0.15, 0.2) is 5.16 Å². The van der Waals surface area contributed by atoms with Gasteiger partial charge in [0.15, 0.2) is 0 Å². The van der Waals surface area contributed by atoms with Gasteiger partial charge >= 0.3 is 11.9 Å². The number of ether oxygens (including phenoxy) is 2. The summed E-state index contributed by atoms with van der Waals surface area (Å²) in [5.41, 5.74) is 0.912. The standard InChI is InChI=1S/C26H41NO5/c1-15(31-16(2)28)20-7-8-21-19-10-11-24(4)14-18(32-17(3)29)9-12-25(24,5)22(19)13-23(27-30)26(20,21)6/h15,18-22,30H,7-14H2,1-6H3/b27-23-. The van der Waals surface area contributed by atoms with E-state index in [2.05, 4.69) is 25.9 Å². The molecule has 0 aromatic rings. The molecule has 9 unspecified atom stereocenters. The van der Waals surface area contributed by atoms with E-state index in [1.165, 1.54) is 13.8 Å². The van der Waals surface area contributed by atoms with Crippen molar-refractivity contribution in [3.05, 3.63) is 0 Å². The summed E-state index contributed by atoms with van der Waals surface area (Å²) in [6.45, 7) is 12.1. The normalized spacial score (nSPS) is 47.7. The fraction of sp³-hybridized carbons (Fsp3) is 0.885. The first kappa shape index (κ1) is 23.6. The van der Waals surface area contributed by atoms with Crippen LogP contribution in [0.3, 0.4) is 0 Å². The second kappa shape index (κ2) is 8.02. The van der Waals surface area contributed by atoms with Crippen molar-refractivity contribution < 1.29 is 24.3 Å². The molecule has 0 spiro atoms. The number of hydrogen-bond acceptors (Lipinski definition) is 6. The molecule has 0 amide bonds. The molecule has 0 bridgehead atoms. The quantitative estimate of drug-likeness (QED) is 0.358. The van der Waals surface area contributed by atoms with Crippen LogP contribution in [0, 0.1) is 39.9 Å². The predicted molar refractivity (Wildman–Crippen MR) is 121 cm³/mol. The van der Waals surface area contributed by atoms with E-state index in [-0.39, 0.29) is 46.3 Å². The average Bonchev–Trinajstić information content (AvgIpc) is 3.05. The number of rotatable bonds is 3. The SMILES string of the molecule is CC(=O)OC1CCC2(C)C3C/C(=N/O)C4(C)C(C(C)OC(C)=O)CCC4C3CCC2(C)C1. The van der Waals surface area contributed by atoms with Crippen molar-refractivity contribution in [2.75, 3.05) is 0 Å². The first-order valence-corrected chi connectivity index (χ1v) is 12.5. The summed E-state index contributed by atoms with van der Waals surface area (Å²) in [7, 11) is 0. The molecule has 0 aromatic heterocycles. The second-order valence-electron chi connectivity index (χ2n) is 11.9. The maximum absolute atomic E-state index is 11.6. The summed E-state index contributed by atoms with van der Waals surface area (Å²) < 4.78 is 11.3. The fourth-order valence-electron chi connectivity index (χ4n) is 8.94. The molecule has 4 fully saturated rings. The fourth-order valence-corrected chi connectivity index (χ4v) is 8.94. The maximum Gasteiger partial charge on any atom is 0.302 e. The van der Waals surface area contributed by atoms with Crippen molar-refractivity contribution in [3.8, 4) is 0 Å². The molecule has 4 saturated carbocycles. The number of carbonyl (C=O) groups excluding carboxylic acids is 2. The van der Waals surface area contributed by atoms with E-state index < -0.39 is 0 Å². The topological polar surface area (TPSA) is 85.2 Å². The highest BCUT2D eigenvalue weighted by molar-refractivity contribution is 5.91. The van der Waals surface area contributed by atoms with E-state index in [1.54, 1.807) is 0 Å². The van der Waals surface area contributed by atoms with Crippen LogP contribution in [-0.4, -0.2) is 35.1 Å². The monoisotopic (exact) mass is 447 g/mol. The van der Waals surface area contributed by atoms with Crippen molar-refractivity contribution in [3.63, 3.8) is 0 Å².